The molecule has 22 heavy (non-hydrogen) atoms. The molecular formula is C16H12F3NO2. The van der Waals surface area contributed by atoms with Crippen LogP contribution in [0.5, 0.6) is 0 Å². The van der Waals surface area contributed by atoms with E-state index in [9.17, 15) is 18.0 Å². The van der Waals surface area contributed by atoms with Gasteiger partial charge in [0.15, 0.2) is 0 Å². The minimum Gasteiger partial charge on any atom is -0.478 e. The molecule has 2 aromatic rings. The van der Waals surface area contributed by atoms with E-state index in [0.29, 0.717) is 11.3 Å². The maximum atomic E-state index is 13.0. The lowest BCUT2D eigenvalue weighted by atomic mass is 10.1. The molecule has 0 unspecified atom stereocenters. The van der Waals surface area contributed by atoms with Crippen molar-refractivity contribution in [1.29, 1.82) is 0 Å². The van der Waals surface area contributed by atoms with E-state index in [4.69, 9.17) is 5.11 Å². The van der Waals surface area contributed by atoms with E-state index >= 15 is 0 Å². The zero-order valence-corrected chi connectivity index (χ0v) is 11.3. The molecule has 0 saturated carbocycles. The Balaban J connectivity index is 2.39. The number of nitrogens with one attached hydrogen (secondary N) is 1. The van der Waals surface area contributed by atoms with Crippen LogP contribution in [0.15, 0.2) is 54.6 Å². The molecule has 0 atom stereocenters. The van der Waals surface area contributed by atoms with Gasteiger partial charge in [-0.05, 0) is 29.8 Å². The number of benzene rings is 2. The largest absolute Gasteiger partial charge is 0.478 e. The molecule has 0 amide bonds. The SMILES string of the molecule is O=C(O)C=Cc1ccccc1Nc1ccccc1C(F)(F)F. The summed E-state index contributed by atoms with van der Waals surface area (Å²) in [6, 6.07) is 11.6. The molecule has 2 N–H and O–H groups in total. The van der Waals surface area contributed by atoms with Crippen LogP contribution >= 0.6 is 0 Å². The third-order valence-electron chi connectivity index (χ3n) is 2.87. The van der Waals surface area contributed by atoms with Crippen LogP contribution in [-0.4, -0.2) is 11.1 Å². The molecule has 0 saturated heterocycles. The lowest BCUT2D eigenvalue weighted by Gasteiger charge is -2.15. The fourth-order valence-corrected chi connectivity index (χ4v) is 1.90. The van der Waals surface area contributed by atoms with Crippen LogP contribution in [0.25, 0.3) is 6.08 Å². The predicted molar refractivity (Wildman–Crippen MR) is 77.8 cm³/mol. The second-order valence-electron chi connectivity index (χ2n) is 4.43. The van der Waals surface area contributed by atoms with Crippen LogP contribution in [0.4, 0.5) is 24.5 Å². The van der Waals surface area contributed by atoms with Crippen molar-refractivity contribution in [3.63, 3.8) is 0 Å². The van der Waals surface area contributed by atoms with Crippen molar-refractivity contribution in [3.05, 3.63) is 65.7 Å². The van der Waals surface area contributed by atoms with Gasteiger partial charge in [-0.3, -0.25) is 0 Å². The second-order valence-corrected chi connectivity index (χ2v) is 4.43. The fourth-order valence-electron chi connectivity index (χ4n) is 1.90. The average Bonchev–Trinajstić information content (AvgIpc) is 2.46. The Morgan fingerprint density at radius 2 is 1.59 bits per heavy atom. The molecule has 0 bridgehead atoms. The summed E-state index contributed by atoms with van der Waals surface area (Å²) in [4.78, 5) is 10.6. The van der Waals surface area contributed by atoms with Crippen LogP contribution < -0.4 is 5.32 Å². The molecule has 2 rings (SSSR count). The molecule has 0 aromatic heterocycles. The van der Waals surface area contributed by atoms with Crippen molar-refractivity contribution < 1.29 is 23.1 Å². The average molecular weight is 307 g/mol. The molecule has 0 aliphatic carbocycles. The summed E-state index contributed by atoms with van der Waals surface area (Å²) < 4.78 is 38.9. The maximum absolute atomic E-state index is 13.0. The van der Waals surface area contributed by atoms with E-state index in [1.54, 1.807) is 24.3 Å². The molecule has 0 aliphatic rings. The third-order valence-corrected chi connectivity index (χ3v) is 2.87. The highest BCUT2D eigenvalue weighted by atomic mass is 19.4. The minimum absolute atomic E-state index is 0.0915. The summed E-state index contributed by atoms with van der Waals surface area (Å²) in [6.45, 7) is 0. The summed E-state index contributed by atoms with van der Waals surface area (Å²) in [6.07, 6.45) is -2.23. The van der Waals surface area contributed by atoms with Gasteiger partial charge in [0.1, 0.15) is 0 Å². The smallest absolute Gasteiger partial charge is 0.418 e. The first-order valence-electron chi connectivity index (χ1n) is 6.31. The standard InChI is InChI=1S/C16H12F3NO2/c17-16(18,19)12-6-2-4-8-14(12)20-13-7-3-1-5-11(13)9-10-15(21)22/h1-10,20H,(H,21,22). The maximum Gasteiger partial charge on any atom is 0.418 e. The number of carbonyl (C=O) groups is 1. The van der Waals surface area contributed by atoms with E-state index in [0.717, 1.165) is 12.1 Å². The van der Waals surface area contributed by atoms with Crippen LogP contribution in [0.3, 0.4) is 0 Å². The lowest BCUT2D eigenvalue weighted by Crippen LogP contribution is -2.08. The molecule has 0 spiro atoms. The Morgan fingerprint density at radius 3 is 2.23 bits per heavy atom. The number of alkyl halides is 3. The molecule has 3 nitrogen and oxygen atoms in total. The predicted octanol–water partition coefficient (Wildman–Crippen LogP) is 4.55. The van der Waals surface area contributed by atoms with Crippen molar-refractivity contribution >= 4 is 23.4 Å². The van der Waals surface area contributed by atoms with Crippen LogP contribution in [-0.2, 0) is 11.0 Å². The number of rotatable bonds is 4. The van der Waals surface area contributed by atoms with Gasteiger partial charge in [0, 0.05) is 11.8 Å². The third kappa shape index (κ3) is 3.88. The highest BCUT2D eigenvalue weighted by molar-refractivity contribution is 5.87. The first-order valence-corrected chi connectivity index (χ1v) is 6.31. The van der Waals surface area contributed by atoms with Crippen LogP contribution in [0.1, 0.15) is 11.1 Å². The summed E-state index contributed by atoms with van der Waals surface area (Å²) in [5, 5.41) is 11.4. The van der Waals surface area contributed by atoms with Crippen molar-refractivity contribution in [2.24, 2.45) is 0 Å². The number of halogens is 3. The highest BCUT2D eigenvalue weighted by Crippen LogP contribution is 2.36. The molecule has 0 heterocycles. The van der Waals surface area contributed by atoms with Gasteiger partial charge in [0.05, 0.1) is 11.3 Å². The van der Waals surface area contributed by atoms with Gasteiger partial charge >= 0.3 is 12.1 Å². The number of carboxylic acids is 1. The summed E-state index contributed by atoms with van der Waals surface area (Å²) in [5.41, 5.74) is -0.0169. The first kappa shape index (κ1) is 15.6. The molecule has 6 heteroatoms. The van der Waals surface area contributed by atoms with Gasteiger partial charge in [0.25, 0.3) is 0 Å². The Labute approximate surface area is 124 Å². The fraction of sp³-hybridized carbons (Fsp3) is 0.0625. The molecule has 0 aliphatic heterocycles. The van der Waals surface area contributed by atoms with Crippen LogP contribution in [0.2, 0.25) is 0 Å². The van der Waals surface area contributed by atoms with Crippen molar-refractivity contribution in [3.8, 4) is 0 Å². The number of hydrogen-bond acceptors (Lipinski definition) is 2. The van der Waals surface area contributed by atoms with E-state index < -0.39 is 17.7 Å². The number of carboxylic acid groups (broad SMARTS) is 1. The zero-order valence-electron chi connectivity index (χ0n) is 11.3. The van der Waals surface area contributed by atoms with Crippen molar-refractivity contribution in [2.45, 2.75) is 6.18 Å². The Kier molecular flexibility index (Phi) is 4.50. The number of aliphatic carboxylic acids is 1. The number of anilines is 2. The Bertz CT molecular complexity index is 709. The van der Waals surface area contributed by atoms with E-state index in [1.807, 2.05) is 0 Å². The van der Waals surface area contributed by atoms with Gasteiger partial charge in [-0.1, -0.05) is 30.3 Å². The Hall–Kier alpha value is -2.76. The van der Waals surface area contributed by atoms with E-state index in [-0.39, 0.29) is 5.69 Å². The molecule has 2 aromatic carbocycles. The van der Waals surface area contributed by atoms with Gasteiger partial charge in [0.2, 0.25) is 0 Å². The normalized spacial score (nSPS) is 11.6. The zero-order chi connectivity index (χ0) is 16.2. The van der Waals surface area contributed by atoms with Gasteiger partial charge in [-0.15, -0.1) is 0 Å². The lowest BCUT2D eigenvalue weighted by molar-refractivity contribution is -0.137. The second kappa shape index (κ2) is 6.34. The molecule has 0 radical (unpaired) electrons. The number of para-hydroxylation sites is 2. The van der Waals surface area contributed by atoms with Crippen LogP contribution in [0, 0.1) is 0 Å². The monoisotopic (exact) mass is 307 g/mol. The summed E-state index contributed by atoms with van der Waals surface area (Å²) in [5.74, 6) is -1.13. The topological polar surface area (TPSA) is 49.3 Å². The van der Waals surface area contributed by atoms with Gasteiger partial charge < -0.3 is 10.4 Å². The van der Waals surface area contributed by atoms with Gasteiger partial charge in [-0.25, -0.2) is 4.79 Å². The minimum atomic E-state index is -4.48. The van der Waals surface area contributed by atoms with Gasteiger partial charge in [-0.2, -0.15) is 13.2 Å². The molecular weight excluding hydrogens is 295 g/mol. The summed E-state index contributed by atoms with van der Waals surface area (Å²) in [7, 11) is 0. The Morgan fingerprint density at radius 1 is 1.00 bits per heavy atom. The number of hydrogen-bond donors (Lipinski definition) is 2. The summed E-state index contributed by atoms with van der Waals surface area (Å²) >= 11 is 0. The van der Waals surface area contributed by atoms with E-state index in [1.165, 1.54) is 24.3 Å². The molecule has 114 valence electrons. The van der Waals surface area contributed by atoms with Crippen molar-refractivity contribution in [2.75, 3.05) is 5.32 Å². The highest BCUT2D eigenvalue weighted by Gasteiger charge is 2.33. The molecule has 0 fully saturated rings. The van der Waals surface area contributed by atoms with Crippen molar-refractivity contribution in [1.82, 2.24) is 0 Å². The first-order chi connectivity index (χ1) is 10.4. The quantitative estimate of drug-likeness (QED) is 0.815. The van der Waals surface area contributed by atoms with E-state index in [2.05, 4.69) is 5.32 Å².